The largest absolute Gasteiger partial charge is 0.495 e. The van der Waals surface area contributed by atoms with Crippen molar-refractivity contribution in [1.29, 1.82) is 0 Å². The van der Waals surface area contributed by atoms with E-state index in [-0.39, 0.29) is 10.6 Å². The molecule has 7 nitrogen and oxygen atoms in total. The van der Waals surface area contributed by atoms with Gasteiger partial charge in [-0.15, -0.1) is 0 Å². The summed E-state index contributed by atoms with van der Waals surface area (Å²) in [4.78, 5) is -0.218. The van der Waals surface area contributed by atoms with Crippen LogP contribution in [0.25, 0.3) is 0 Å². The number of benzene rings is 1. The van der Waals surface area contributed by atoms with E-state index in [1.165, 1.54) is 19.2 Å². The van der Waals surface area contributed by atoms with Crippen molar-refractivity contribution in [2.75, 3.05) is 17.9 Å². The summed E-state index contributed by atoms with van der Waals surface area (Å²) in [6.07, 6.45) is 0. The highest BCUT2D eigenvalue weighted by Gasteiger charge is 2.22. The van der Waals surface area contributed by atoms with E-state index in [0.717, 1.165) is 6.07 Å². The van der Waals surface area contributed by atoms with Crippen LogP contribution in [0, 0.1) is 0 Å². The van der Waals surface area contributed by atoms with Gasteiger partial charge in [0.05, 0.1) is 17.7 Å². The third-order valence-corrected chi connectivity index (χ3v) is 5.41. The minimum atomic E-state index is -4.12. The number of hydrogen-bond acceptors (Lipinski definition) is 6. The zero-order chi connectivity index (χ0) is 13.3. The molecule has 0 aromatic heterocycles. The summed E-state index contributed by atoms with van der Waals surface area (Å²) < 4.78 is 49.7. The van der Waals surface area contributed by atoms with Crippen molar-refractivity contribution in [3.8, 4) is 5.75 Å². The summed E-state index contributed by atoms with van der Waals surface area (Å²) in [5.41, 5.74) is 5.62. The van der Waals surface area contributed by atoms with Crippen molar-refractivity contribution in [3.05, 3.63) is 18.2 Å². The van der Waals surface area contributed by atoms with E-state index in [1.807, 2.05) is 0 Å². The molecule has 4 N–H and O–H groups in total. The number of nitrogen functional groups attached to an aromatic ring is 1. The smallest absolute Gasteiger partial charge is 0.223 e. The van der Waals surface area contributed by atoms with E-state index in [0.29, 0.717) is 5.75 Å². The Bertz CT molecular complexity index is 621. The molecule has 0 atom stereocenters. The van der Waals surface area contributed by atoms with Crippen LogP contribution in [0.1, 0.15) is 0 Å². The highest BCUT2D eigenvalue weighted by atomic mass is 32.3. The molecule has 1 aromatic carbocycles. The molecule has 0 aliphatic carbocycles. The van der Waals surface area contributed by atoms with E-state index in [9.17, 15) is 16.8 Å². The van der Waals surface area contributed by atoms with E-state index in [2.05, 4.69) is 0 Å². The predicted molar refractivity (Wildman–Crippen MR) is 62.6 cm³/mol. The lowest BCUT2D eigenvalue weighted by Gasteiger charge is -2.07. The number of sulfonamides is 1. The first-order valence-electron chi connectivity index (χ1n) is 4.32. The van der Waals surface area contributed by atoms with E-state index < -0.39 is 24.9 Å². The first-order chi connectivity index (χ1) is 7.65. The van der Waals surface area contributed by atoms with Gasteiger partial charge in [-0.3, -0.25) is 0 Å². The molecule has 0 radical (unpaired) electrons. The Hall–Kier alpha value is -1.32. The van der Waals surface area contributed by atoms with Gasteiger partial charge in [0.25, 0.3) is 0 Å². The minimum absolute atomic E-state index is 0.1000. The fourth-order valence-electron chi connectivity index (χ4n) is 1.19. The van der Waals surface area contributed by atoms with Gasteiger partial charge in [0, 0.05) is 0 Å². The van der Waals surface area contributed by atoms with Crippen LogP contribution >= 0.6 is 0 Å². The maximum atomic E-state index is 11.6. The standard InChI is InChI=1S/C8H12N2O5S2/c1-15-8-3-2-6(4-7(8)9)16(11,12)5-17(10,13)14/h2-4H,5,9H2,1H3,(H2,10,13,14). The quantitative estimate of drug-likeness (QED) is 0.701. The number of primary sulfonamides is 1. The van der Waals surface area contributed by atoms with Crippen LogP contribution in [0.3, 0.4) is 0 Å². The van der Waals surface area contributed by atoms with Crippen molar-refractivity contribution in [3.63, 3.8) is 0 Å². The van der Waals surface area contributed by atoms with Gasteiger partial charge >= 0.3 is 0 Å². The van der Waals surface area contributed by atoms with Crippen LogP contribution in [0.15, 0.2) is 23.1 Å². The lowest BCUT2D eigenvalue weighted by Crippen LogP contribution is -2.23. The molecule has 0 bridgehead atoms. The van der Waals surface area contributed by atoms with Crippen LogP contribution in [-0.4, -0.2) is 29.0 Å². The molecule has 0 saturated heterocycles. The van der Waals surface area contributed by atoms with Gasteiger partial charge in [-0.25, -0.2) is 22.0 Å². The fourth-order valence-corrected chi connectivity index (χ4v) is 4.05. The SMILES string of the molecule is COc1ccc(S(=O)(=O)CS(N)(=O)=O)cc1N. The van der Waals surface area contributed by atoms with Gasteiger partial charge in [-0.2, -0.15) is 0 Å². The van der Waals surface area contributed by atoms with Gasteiger partial charge in [0.1, 0.15) is 5.75 Å². The predicted octanol–water partition coefficient (Wildman–Crippen LogP) is -0.703. The third kappa shape index (κ3) is 3.58. The highest BCUT2D eigenvalue weighted by molar-refractivity contribution is 8.07. The first-order valence-corrected chi connectivity index (χ1v) is 7.69. The van der Waals surface area contributed by atoms with Crippen molar-refractivity contribution in [1.82, 2.24) is 0 Å². The summed E-state index contributed by atoms with van der Waals surface area (Å²) in [6.45, 7) is 0. The van der Waals surface area contributed by atoms with Crippen molar-refractivity contribution < 1.29 is 21.6 Å². The summed E-state index contributed by atoms with van der Waals surface area (Å²) in [5.74, 6) is 0.305. The number of anilines is 1. The van der Waals surface area contributed by atoms with Crippen LogP contribution in [-0.2, 0) is 19.9 Å². The molecule has 0 heterocycles. The molecular formula is C8H12N2O5S2. The molecule has 0 aliphatic heterocycles. The third-order valence-electron chi connectivity index (χ3n) is 1.88. The van der Waals surface area contributed by atoms with Crippen molar-refractivity contribution in [2.24, 2.45) is 5.14 Å². The maximum Gasteiger partial charge on any atom is 0.223 e. The number of rotatable bonds is 4. The molecule has 0 saturated carbocycles. The average Bonchev–Trinajstić information content (AvgIpc) is 2.13. The molecule has 9 heteroatoms. The summed E-state index contributed by atoms with van der Waals surface area (Å²) in [6, 6.07) is 3.67. The topological polar surface area (TPSA) is 130 Å². The van der Waals surface area contributed by atoms with E-state index >= 15 is 0 Å². The van der Waals surface area contributed by atoms with Crippen LogP contribution in [0.2, 0.25) is 0 Å². The van der Waals surface area contributed by atoms with Gasteiger partial charge in [-0.05, 0) is 18.2 Å². The van der Waals surface area contributed by atoms with Crippen LogP contribution in [0.5, 0.6) is 5.75 Å². The molecule has 0 aliphatic rings. The van der Waals surface area contributed by atoms with E-state index in [1.54, 1.807) is 0 Å². The monoisotopic (exact) mass is 280 g/mol. The Balaban J connectivity index is 3.22. The fraction of sp³-hybridized carbons (Fsp3) is 0.250. The summed E-state index contributed by atoms with van der Waals surface area (Å²) >= 11 is 0. The number of nitrogens with two attached hydrogens (primary N) is 2. The first kappa shape index (κ1) is 13.7. The Labute approximate surface area is 99.3 Å². The Morgan fingerprint density at radius 2 is 1.82 bits per heavy atom. The number of sulfone groups is 1. The molecular weight excluding hydrogens is 268 g/mol. The molecule has 0 amide bonds. The molecule has 0 spiro atoms. The van der Waals surface area contributed by atoms with Crippen molar-refractivity contribution in [2.45, 2.75) is 4.90 Å². The lowest BCUT2D eigenvalue weighted by molar-refractivity contribution is 0.416. The lowest BCUT2D eigenvalue weighted by atomic mass is 10.3. The number of methoxy groups -OCH3 is 1. The molecule has 0 unspecified atom stereocenters. The zero-order valence-electron chi connectivity index (χ0n) is 8.95. The molecule has 17 heavy (non-hydrogen) atoms. The van der Waals surface area contributed by atoms with E-state index in [4.69, 9.17) is 15.6 Å². The molecule has 1 rings (SSSR count). The average molecular weight is 280 g/mol. The normalized spacial score (nSPS) is 12.4. The Kier molecular flexibility index (Phi) is 3.65. The molecule has 0 fully saturated rings. The van der Waals surface area contributed by atoms with Crippen LogP contribution < -0.4 is 15.6 Å². The second-order valence-corrected chi connectivity index (χ2v) is 7.27. The van der Waals surface area contributed by atoms with Gasteiger partial charge in [-0.1, -0.05) is 0 Å². The Morgan fingerprint density at radius 1 is 1.24 bits per heavy atom. The van der Waals surface area contributed by atoms with Gasteiger partial charge < -0.3 is 10.5 Å². The van der Waals surface area contributed by atoms with Crippen molar-refractivity contribution >= 4 is 25.5 Å². The highest BCUT2D eigenvalue weighted by Crippen LogP contribution is 2.25. The maximum absolute atomic E-state index is 11.6. The Morgan fingerprint density at radius 3 is 2.24 bits per heavy atom. The summed E-state index contributed by atoms with van der Waals surface area (Å²) in [5, 5.41) is 3.53. The van der Waals surface area contributed by atoms with Crippen LogP contribution in [0.4, 0.5) is 5.69 Å². The summed E-state index contributed by atoms with van der Waals surface area (Å²) in [7, 11) is -6.75. The van der Waals surface area contributed by atoms with Gasteiger partial charge in [0.15, 0.2) is 14.9 Å². The number of hydrogen-bond donors (Lipinski definition) is 2. The number of ether oxygens (including phenoxy) is 1. The molecule has 96 valence electrons. The van der Waals surface area contributed by atoms with Gasteiger partial charge in [0.2, 0.25) is 10.0 Å². The minimum Gasteiger partial charge on any atom is -0.495 e. The molecule has 1 aromatic rings. The zero-order valence-corrected chi connectivity index (χ0v) is 10.6. The second kappa shape index (κ2) is 4.51. The second-order valence-electron chi connectivity index (χ2n) is 3.30.